The molecule has 2 fully saturated rings. The summed E-state index contributed by atoms with van der Waals surface area (Å²) in [5.74, 6) is -0.150. The molecule has 1 aliphatic heterocycles. The van der Waals surface area contributed by atoms with Crippen molar-refractivity contribution in [3.8, 4) is 11.1 Å². The van der Waals surface area contributed by atoms with Crippen LogP contribution < -0.4 is 0 Å². The fourth-order valence-corrected chi connectivity index (χ4v) is 6.82. The number of H-pyrrole nitrogens is 1. The van der Waals surface area contributed by atoms with Gasteiger partial charge in [0.2, 0.25) is 0 Å². The van der Waals surface area contributed by atoms with E-state index < -0.39 is 12.1 Å². The lowest BCUT2D eigenvalue weighted by atomic mass is 9.94. The summed E-state index contributed by atoms with van der Waals surface area (Å²) in [6.45, 7) is 4.97. The number of rotatable bonds is 4. The van der Waals surface area contributed by atoms with Gasteiger partial charge in [0.1, 0.15) is 18.5 Å². The highest BCUT2D eigenvalue weighted by molar-refractivity contribution is 6.11. The third-order valence-electron chi connectivity index (χ3n) is 8.92. The lowest BCUT2D eigenvalue weighted by Gasteiger charge is -2.29. The number of Topliss-reactive ketones (excluding diaryl/α,β-unsaturated/α-hetero) is 1. The van der Waals surface area contributed by atoms with Gasteiger partial charge in [-0.15, -0.1) is 0 Å². The number of carbonyl (C=O) groups excluding carboxylic acids is 2. The standard InChI is InChI=1S/C31H27FN2O3/c1-31(2)25-15-34(28(27(25)31)29(35)24-14-33-26-13-19(32)10-11-22(24)26)30(36)37-16-18-7-5-9-21-20-8-4-3-6-17(20)12-23(18)21/h3-11,13-14,25,27-28,33H,12,15-16H2,1-2H3/t25-,27-,28-/m0/s1. The summed E-state index contributed by atoms with van der Waals surface area (Å²) >= 11 is 0. The van der Waals surface area contributed by atoms with Gasteiger partial charge in [-0.25, -0.2) is 9.18 Å². The number of carbonyl (C=O) groups is 2. The Bertz CT molecular complexity index is 1600. The number of nitrogens with one attached hydrogen (secondary N) is 1. The molecule has 37 heavy (non-hydrogen) atoms. The van der Waals surface area contributed by atoms with Crippen LogP contribution in [0.25, 0.3) is 22.0 Å². The third kappa shape index (κ3) is 3.28. The zero-order valence-electron chi connectivity index (χ0n) is 20.8. The van der Waals surface area contributed by atoms with Crippen molar-refractivity contribution >= 4 is 22.8 Å². The highest BCUT2D eigenvalue weighted by atomic mass is 19.1. The topological polar surface area (TPSA) is 62.4 Å². The van der Waals surface area contributed by atoms with Crippen LogP contribution in [0, 0.1) is 23.1 Å². The number of nitrogens with zero attached hydrogens (tertiary/aromatic N) is 1. The largest absolute Gasteiger partial charge is 0.445 e. The second-order valence-corrected chi connectivity index (χ2v) is 11.1. The number of piperidine rings is 1. The minimum absolute atomic E-state index is 0.0125. The minimum Gasteiger partial charge on any atom is -0.445 e. The van der Waals surface area contributed by atoms with Crippen molar-refractivity contribution < 1.29 is 18.7 Å². The molecule has 2 heterocycles. The van der Waals surface area contributed by atoms with E-state index in [9.17, 15) is 14.0 Å². The lowest BCUT2D eigenvalue weighted by molar-refractivity contribution is 0.0645. The van der Waals surface area contributed by atoms with E-state index in [4.69, 9.17) is 4.74 Å². The molecule has 4 aromatic rings. The zero-order chi connectivity index (χ0) is 25.5. The Hall–Kier alpha value is -3.93. The summed E-state index contributed by atoms with van der Waals surface area (Å²) in [7, 11) is 0. The zero-order valence-corrected chi connectivity index (χ0v) is 20.8. The Kier molecular flexibility index (Phi) is 4.69. The van der Waals surface area contributed by atoms with Crippen LogP contribution in [0.15, 0.2) is 66.9 Å². The highest BCUT2D eigenvalue weighted by Gasteiger charge is 2.69. The molecular weight excluding hydrogens is 467 g/mol. The molecule has 0 unspecified atom stereocenters. The smallest absolute Gasteiger partial charge is 0.410 e. The highest BCUT2D eigenvalue weighted by Crippen LogP contribution is 2.65. The molecule has 186 valence electrons. The van der Waals surface area contributed by atoms with Crippen LogP contribution in [0.2, 0.25) is 0 Å². The van der Waals surface area contributed by atoms with E-state index in [1.54, 1.807) is 17.2 Å². The number of ether oxygens (including phenoxy) is 1. The van der Waals surface area contributed by atoms with Crippen LogP contribution >= 0.6 is 0 Å². The van der Waals surface area contributed by atoms with Gasteiger partial charge in [-0.05, 0) is 69.7 Å². The van der Waals surface area contributed by atoms with Gasteiger partial charge in [0.05, 0.1) is 0 Å². The molecule has 0 radical (unpaired) electrons. The minimum atomic E-state index is -0.595. The number of hydrogen-bond acceptors (Lipinski definition) is 3. The summed E-state index contributed by atoms with van der Waals surface area (Å²) in [5, 5.41) is 0.668. The molecule has 7 rings (SSSR count). The molecule has 5 nitrogen and oxygen atoms in total. The van der Waals surface area contributed by atoms with Crippen molar-refractivity contribution in [3.63, 3.8) is 0 Å². The molecule has 1 aromatic heterocycles. The van der Waals surface area contributed by atoms with Gasteiger partial charge in [0.15, 0.2) is 5.78 Å². The summed E-state index contributed by atoms with van der Waals surface area (Å²) in [6.07, 6.45) is 1.99. The van der Waals surface area contributed by atoms with Gasteiger partial charge < -0.3 is 9.72 Å². The van der Waals surface area contributed by atoms with E-state index in [2.05, 4.69) is 37.0 Å². The van der Waals surface area contributed by atoms with E-state index in [1.165, 1.54) is 34.4 Å². The number of likely N-dealkylation sites (tertiary alicyclic amines) is 1. The van der Waals surface area contributed by atoms with E-state index in [-0.39, 0.29) is 35.5 Å². The van der Waals surface area contributed by atoms with Gasteiger partial charge in [-0.2, -0.15) is 0 Å². The molecule has 3 aromatic carbocycles. The van der Waals surface area contributed by atoms with E-state index in [0.29, 0.717) is 23.0 Å². The average molecular weight is 495 g/mol. The number of amides is 1. The molecule has 1 saturated carbocycles. The second kappa shape index (κ2) is 7.78. The maximum Gasteiger partial charge on any atom is 0.410 e. The van der Waals surface area contributed by atoms with Gasteiger partial charge in [-0.1, -0.05) is 56.3 Å². The van der Waals surface area contributed by atoms with Crippen molar-refractivity contribution in [1.82, 2.24) is 9.88 Å². The lowest BCUT2D eigenvalue weighted by Crippen LogP contribution is -2.45. The first-order valence-corrected chi connectivity index (χ1v) is 12.8. The van der Waals surface area contributed by atoms with Gasteiger partial charge in [-0.3, -0.25) is 9.69 Å². The van der Waals surface area contributed by atoms with Gasteiger partial charge in [0.25, 0.3) is 0 Å². The number of aromatic amines is 1. The van der Waals surface area contributed by atoms with Crippen LogP contribution in [0.5, 0.6) is 0 Å². The number of aromatic nitrogens is 1. The van der Waals surface area contributed by atoms with Crippen LogP contribution in [0.1, 0.15) is 40.9 Å². The van der Waals surface area contributed by atoms with Crippen LogP contribution in [0.3, 0.4) is 0 Å². The maximum atomic E-state index is 13.8. The van der Waals surface area contributed by atoms with Crippen molar-refractivity contribution in [2.45, 2.75) is 32.9 Å². The molecule has 6 heteroatoms. The molecule has 2 aliphatic carbocycles. The summed E-state index contributed by atoms with van der Waals surface area (Å²) < 4.78 is 19.5. The number of halogens is 1. The first-order chi connectivity index (χ1) is 17.8. The maximum absolute atomic E-state index is 13.8. The molecule has 0 bridgehead atoms. The van der Waals surface area contributed by atoms with Crippen LogP contribution in [-0.4, -0.2) is 34.3 Å². The number of benzene rings is 3. The van der Waals surface area contributed by atoms with Crippen molar-refractivity contribution in [2.75, 3.05) is 6.54 Å². The Morgan fingerprint density at radius 3 is 2.76 bits per heavy atom. The van der Waals surface area contributed by atoms with Crippen LogP contribution in [0.4, 0.5) is 9.18 Å². The molecule has 1 N–H and O–H groups in total. The van der Waals surface area contributed by atoms with E-state index >= 15 is 0 Å². The normalized spacial score (nSPS) is 22.5. The SMILES string of the molecule is CC1(C)[C@@H]2[C@@H](C(=O)c3c[nH]c4cc(F)ccc34)N(C(=O)OCc3cccc4c3Cc3ccccc3-4)C[C@@H]21. The third-order valence-corrected chi connectivity index (χ3v) is 8.92. The summed E-state index contributed by atoms with van der Waals surface area (Å²) in [5.41, 5.74) is 6.94. The number of ketones is 1. The van der Waals surface area contributed by atoms with E-state index in [0.717, 1.165) is 12.0 Å². The quantitative estimate of drug-likeness (QED) is 0.296. The van der Waals surface area contributed by atoms with Crippen molar-refractivity contribution in [3.05, 3.63) is 94.9 Å². The Labute approximate surface area is 214 Å². The molecule has 3 aliphatic rings. The molecule has 1 saturated heterocycles. The van der Waals surface area contributed by atoms with Crippen molar-refractivity contribution in [2.24, 2.45) is 17.3 Å². The predicted molar refractivity (Wildman–Crippen MR) is 139 cm³/mol. The number of fused-ring (bicyclic) bond motifs is 5. The van der Waals surface area contributed by atoms with Crippen LogP contribution in [-0.2, 0) is 17.8 Å². The summed E-state index contributed by atoms with van der Waals surface area (Å²) in [6, 6.07) is 18.3. The Morgan fingerprint density at radius 1 is 1.08 bits per heavy atom. The molecule has 1 amide bonds. The first-order valence-electron chi connectivity index (χ1n) is 12.8. The molecule has 0 spiro atoms. The molecule has 3 atom stereocenters. The number of hydrogen-bond donors (Lipinski definition) is 1. The summed E-state index contributed by atoms with van der Waals surface area (Å²) in [4.78, 5) is 31.9. The van der Waals surface area contributed by atoms with E-state index in [1.807, 2.05) is 24.3 Å². The molecular formula is C31H27FN2O3. The average Bonchev–Trinajstić information content (AvgIpc) is 3.37. The monoisotopic (exact) mass is 494 g/mol. The van der Waals surface area contributed by atoms with Gasteiger partial charge >= 0.3 is 6.09 Å². The Balaban J connectivity index is 1.14. The Morgan fingerprint density at radius 2 is 1.89 bits per heavy atom. The second-order valence-electron chi connectivity index (χ2n) is 11.1. The van der Waals surface area contributed by atoms with Gasteiger partial charge in [0, 0.05) is 29.2 Å². The predicted octanol–water partition coefficient (Wildman–Crippen LogP) is 6.35. The van der Waals surface area contributed by atoms with Crippen molar-refractivity contribution in [1.29, 1.82) is 0 Å². The first kappa shape index (κ1) is 22.3. The fraction of sp³-hybridized carbons (Fsp3) is 0.290. The fourth-order valence-electron chi connectivity index (χ4n) is 6.82.